The molecule has 0 radical (unpaired) electrons. The van der Waals surface area contributed by atoms with Crippen LogP contribution in [0, 0.1) is 0 Å². The third-order valence-corrected chi connectivity index (χ3v) is 3.33. The largest absolute Gasteiger partial charge is 0.481 e. The molecule has 0 spiro atoms. The number of nitrogens with zero attached hydrogens (tertiary/aromatic N) is 1. The van der Waals surface area contributed by atoms with Crippen LogP contribution in [0.25, 0.3) is 0 Å². The van der Waals surface area contributed by atoms with E-state index in [0.717, 1.165) is 0 Å². The minimum Gasteiger partial charge on any atom is -0.481 e. The van der Waals surface area contributed by atoms with Crippen LogP contribution in [0.1, 0.15) is 13.3 Å². The quantitative estimate of drug-likeness (QED) is 0.694. The zero-order valence-corrected chi connectivity index (χ0v) is 12.1. The highest BCUT2D eigenvalue weighted by Crippen LogP contribution is 2.22. The topological polar surface area (TPSA) is 95.7 Å². The number of hydrogen-bond donors (Lipinski definition) is 3. The average Bonchev–Trinajstić information content (AvgIpc) is 2.39. The van der Waals surface area contributed by atoms with Crippen molar-refractivity contribution in [3.63, 3.8) is 0 Å². The summed E-state index contributed by atoms with van der Waals surface area (Å²) in [6, 6.07) is 4.38. The van der Waals surface area contributed by atoms with Crippen molar-refractivity contribution in [3.05, 3.63) is 23.2 Å². The minimum atomic E-state index is -0.894. The number of rotatable bonds is 6. The van der Waals surface area contributed by atoms with Crippen LogP contribution in [0.2, 0.25) is 5.02 Å². The van der Waals surface area contributed by atoms with Gasteiger partial charge in [-0.2, -0.15) is 0 Å². The van der Waals surface area contributed by atoms with Gasteiger partial charge in [-0.1, -0.05) is 11.6 Å². The molecule has 0 bridgehead atoms. The smallest absolute Gasteiger partial charge is 0.304 e. The van der Waals surface area contributed by atoms with Gasteiger partial charge in [-0.05, 0) is 32.2 Å². The molecule has 1 amide bonds. The number of hydrogen-bond acceptors (Lipinski definition) is 4. The number of halogens is 1. The zero-order chi connectivity index (χ0) is 15.3. The number of carboxylic acids is 1. The molecule has 1 rings (SSSR count). The molecule has 0 fully saturated rings. The molecule has 1 aromatic carbocycles. The normalized spacial score (nSPS) is 12.2. The van der Waals surface area contributed by atoms with E-state index in [1.165, 1.54) is 0 Å². The zero-order valence-electron chi connectivity index (χ0n) is 11.4. The molecule has 4 N–H and O–H groups in total. The van der Waals surface area contributed by atoms with E-state index in [-0.39, 0.29) is 12.3 Å². The first-order valence-corrected chi connectivity index (χ1v) is 6.47. The maximum Gasteiger partial charge on any atom is 0.304 e. The van der Waals surface area contributed by atoms with E-state index in [1.54, 1.807) is 37.1 Å². The molecule has 20 heavy (non-hydrogen) atoms. The number of benzene rings is 1. The Hall–Kier alpha value is -1.79. The SMILES string of the molecule is CC(C(=O)Nc1ccc(Cl)c(N)c1)N(C)CCC(=O)O. The molecule has 0 saturated carbocycles. The van der Waals surface area contributed by atoms with E-state index < -0.39 is 12.0 Å². The molecular weight excluding hydrogens is 282 g/mol. The van der Waals surface area contributed by atoms with E-state index in [9.17, 15) is 9.59 Å². The van der Waals surface area contributed by atoms with E-state index in [0.29, 0.717) is 22.9 Å². The maximum absolute atomic E-state index is 12.0. The van der Waals surface area contributed by atoms with Crippen LogP contribution in [0.15, 0.2) is 18.2 Å². The van der Waals surface area contributed by atoms with Crippen molar-refractivity contribution >= 4 is 34.9 Å². The Morgan fingerprint density at radius 2 is 2.15 bits per heavy atom. The van der Waals surface area contributed by atoms with Gasteiger partial charge in [0.05, 0.1) is 23.2 Å². The van der Waals surface area contributed by atoms with Gasteiger partial charge in [-0.3, -0.25) is 14.5 Å². The van der Waals surface area contributed by atoms with Gasteiger partial charge in [-0.15, -0.1) is 0 Å². The minimum absolute atomic E-state index is 0.0119. The Labute approximate surface area is 122 Å². The molecule has 0 aromatic heterocycles. The first-order valence-electron chi connectivity index (χ1n) is 6.09. The molecule has 0 aliphatic heterocycles. The number of anilines is 2. The monoisotopic (exact) mass is 299 g/mol. The molecule has 6 nitrogen and oxygen atoms in total. The molecule has 1 aromatic rings. The number of carbonyl (C=O) groups excluding carboxylic acids is 1. The molecule has 1 unspecified atom stereocenters. The number of carboxylic acid groups (broad SMARTS) is 1. The fourth-order valence-corrected chi connectivity index (χ4v) is 1.65. The molecule has 0 saturated heterocycles. The molecular formula is C13H18ClN3O3. The van der Waals surface area contributed by atoms with Gasteiger partial charge in [0.2, 0.25) is 5.91 Å². The van der Waals surface area contributed by atoms with Crippen LogP contribution in [0.3, 0.4) is 0 Å². The van der Waals surface area contributed by atoms with Crippen molar-refractivity contribution < 1.29 is 14.7 Å². The highest BCUT2D eigenvalue weighted by atomic mass is 35.5. The summed E-state index contributed by atoms with van der Waals surface area (Å²) < 4.78 is 0. The average molecular weight is 300 g/mol. The number of likely N-dealkylation sites (N-methyl/N-ethyl adjacent to an activating group) is 1. The lowest BCUT2D eigenvalue weighted by Crippen LogP contribution is -2.40. The van der Waals surface area contributed by atoms with E-state index in [4.69, 9.17) is 22.4 Å². The predicted octanol–water partition coefficient (Wildman–Crippen LogP) is 1.66. The Kier molecular flexibility index (Phi) is 5.79. The number of nitrogens with one attached hydrogen (secondary N) is 1. The van der Waals surface area contributed by atoms with Gasteiger partial charge in [0, 0.05) is 12.2 Å². The number of carbonyl (C=O) groups is 2. The fraction of sp³-hybridized carbons (Fsp3) is 0.385. The Bertz CT molecular complexity index is 508. The molecule has 0 aliphatic rings. The van der Waals surface area contributed by atoms with E-state index in [1.807, 2.05) is 0 Å². The lowest BCUT2D eigenvalue weighted by molar-refractivity contribution is -0.137. The van der Waals surface area contributed by atoms with Gasteiger partial charge in [0.1, 0.15) is 0 Å². The van der Waals surface area contributed by atoms with Crippen LogP contribution in [0.4, 0.5) is 11.4 Å². The highest BCUT2D eigenvalue weighted by Gasteiger charge is 2.18. The van der Waals surface area contributed by atoms with Gasteiger partial charge < -0.3 is 16.2 Å². The van der Waals surface area contributed by atoms with E-state index in [2.05, 4.69) is 5.32 Å². The van der Waals surface area contributed by atoms with Crippen LogP contribution >= 0.6 is 11.6 Å². The lowest BCUT2D eigenvalue weighted by atomic mass is 10.2. The second-order valence-electron chi connectivity index (χ2n) is 4.53. The second-order valence-corrected chi connectivity index (χ2v) is 4.93. The third-order valence-electron chi connectivity index (χ3n) is 2.98. The second kappa shape index (κ2) is 7.12. The first kappa shape index (κ1) is 16.3. The summed E-state index contributed by atoms with van der Waals surface area (Å²) in [5.41, 5.74) is 6.59. The summed E-state index contributed by atoms with van der Waals surface area (Å²) in [6.07, 6.45) is -0.0119. The van der Waals surface area contributed by atoms with Gasteiger partial charge in [0.25, 0.3) is 0 Å². The standard InChI is InChI=1S/C13H18ClN3O3/c1-8(17(2)6-5-12(18)19)13(20)16-9-3-4-10(14)11(15)7-9/h3-4,7-8H,5-6,15H2,1-2H3,(H,16,20)(H,18,19). The Morgan fingerprint density at radius 3 is 2.70 bits per heavy atom. The van der Waals surface area contributed by atoms with Crippen LogP contribution < -0.4 is 11.1 Å². The Balaban J connectivity index is 2.60. The van der Waals surface area contributed by atoms with Crippen molar-refractivity contribution in [3.8, 4) is 0 Å². The summed E-state index contributed by atoms with van der Waals surface area (Å²) in [6.45, 7) is 2.00. The summed E-state index contributed by atoms with van der Waals surface area (Å²) in [5.74, 6) is -1.13. The predicted molar refractivity (Wildman–Crippen MR) is 78.8 cm³/mol. The molecule has 110 valence electrons. The fourth-order valence-electron chi connectivity index (χ4n) is 1.53. The molecule has 0 aliphatic carbocycles. The maximum atomic E-state index is 12.0. The summed E-state index contributed by atoms with van der Waals surface area (Å²) in [7, 11) is 1.70. The highest BCUT2D eigenvalue weighted by molar-refractivity contribution is 6.33. The summed E-state index contributed by atoms with van der Waals surface area (Å²) in [4.78, 5) is 24.2. The molecule has 1 atom stereocenters. The number of nitrogens with two attached hydrogens (primary N) is 1. The van der Waals surface area contributed by atoms with Crippen LogP contribution in [-0.4, -0.2) is 41.5 Å². The Morgan fingerprint density at radius 1 is 1.50 bits per heavy atom. The first-order chi connectivity index (χ1) is 9.31. The third kappa shape index (κ3) is 4.71. The van der Waals surface area contributed by atoms with Crippen molar-refractivity contribution in [2.45, 2.75) is 19.4 Å². The molecule has 0 heterocycles. The number of amides is 1. The van der Waals surface area contributed by atoms with Gasteiger partial charge in [-0.25, -0.2) is 0 Å². The number of nitrogen functional groups attached to an aromatic ring is 1. The van der Waals surface area contributed by atoms with Crippen molar-refractivity contribution in [1.82, 2.24) is 4.90 Å². The van der Waals surface area contributed by atoms with Crippen molar-refractivity contribution in [2.75, 3.05) is 24.6 Å². The lowest BCUT2D eigenvalue weighted by Gasteiger charge is -2.23. The van der Waals surface area contributed by atoms with Crippen LogP contribution in [-0.2, 0) is 9.59 Å². The van der Waals surface area contributed by atoms with Gasteiger partial charge >= 0.3 is 5.97 Å². The molecule has 7 heteroatoms. The van der Waals surface area contributed by atoms with E-state index >= 15 is 0 Å². The number of aliphatic carboxylic acids is 1. The van der Waals surface area contributed by atoms with Crippen LogP contribution in [0.5, 0.6) is 0 Å². The summed E-state index contributed by atoms with van der Waals surface area (Å²) in [5, 5.41) is 11.8. The van der Waals surface area contributed by atoms with Crippen molar-refractivity contribution in [1.29, 1.82) is 0 Å². The summed E-state index contributed by atoms with van der Waals surface area (Å²) >= 11 is 5.80. The van der Waals surface area contributed by atoms with Gasteiger partial charge in [0.15, 0.2) is 0 Å². The van der Waals surface area contributed by atoms with Crippen molar-refractivity contribution in [2.24, 2.45) is 0 Å².